The number of aryl methyl sites for hydroxylation is 2. The van der Waals surface area contributed by atoms with E-state index in [2.05, 4.69) is 15.3 Å². The van der Waals surface area contributed by atoms with Crippen molar-refractivity contribution < 1.29 is 9.18 Å². The lowest BCUT2D eigenvalue weighted by molar-refractivity contribution is -0.125. The van der Waals surface area contributed by atoms with E-state index in [1.807, 2.05) is 24.4 Å². The molecule has 25 heavy (non-hydrogen) atoms. The van der Waals surface area contributed by atoms with Gasteiger partial charge in [0.2, 0.25) is 5.91 Å². The first-order valence-electron chi connectivity index (χ1n) is 8.49. The Bertz CT molecular complexity index is 912. The molecule has 4 rings (SSSR count). The summed E-state index contributed by atoms with van der Waals surface area (Å²) in [5.41, 5.74) is 5.08. The number of nitrogens with zero attached hydrogens (tertiary/aromatic N) is 1. The Morgan fingerprint density at radius 3 is 2.92 bits per heavy atom. The van der Waals surface area contributed by atoms with Crippen molar-refractivity contribution in [3.05, 3.63) is 51.9 Å². The van der Waals surface area contributed by atoms with Gasteiger partial charge in [-0.25, -0.2) is 9.37 Å². The van der Waals surface area contributed by atoms with Gasteiger partial charge >= 0.3 is 0 Å². The molecule has 0 aliphatic heterocycles. The van der Waals surface area contributed by atoms with E-state index in [9.17, 15) is 9.18 Å². The lowest BCUT2D eigenvalue weighted by Gasteiger charge is -2.08. The Kier molecular flexibility index (Phi) is 4.07. The van der Waals surface area contributed by atoms with Gasteiger partial charge in [0, 0.05) is 27.4 Å². The second-order valence-electron chi connectivity index (χ2n) is 7.05. The average Bonchev–Trinajstić information content (AvgIpc) is 3.01. The molecule has 130 valence electrons. The summed E-state index contributed by atoms with van der Waals surface area (Å²) in [4.78, 5) is 19.6. The zero-order valence-electron chi connectivity index (χ0n) is 14.1. The number of hydrogen-bond acceptors (Lipinski definition) is 3. The number of carbonyl (C=O) groups excluding carboxylic acids is 1. The highest BCUT2D eigenvalue weighted by Crippen LogP contribution is 2.45. The number of rotatable bonds is 6. The van der Waals surface area contributed by atoms with E-state index >= 15 is 0 Å². The lowest BCUT2D eigenvalue weighted by atomic mass is 10.1. The predicted octanol–water partition coefficient (Wildman–Crippen LogP) is 3.97. The van der Waals surface area contributed by atoms with Crippen LogP contribution in [0.15, 0.2) is 29.1 Å². The maximum atomic E-state index is 14.3. The van der Waals surface area contributed by atoms with Crippen molar-refractivity contribution >= 4 is 28.1 Å². The lowest BCUT2D eigenvalue weighted by Crippen LogP contribution is -2.29. The molecule has 0 atom stereocenters. The number of hydrogen-bond donors (Lipinski definition) is 2. The van der Waals surface area contributed by atoms with Crippen LogP contribution >= 0.6 is 11.3 Å². The van der Waals surface area contributed by atoms with Gasteiger partial charge in [0.15, 0.2) is 0 Å². The van der Waals surface area contributed by atoms with Gasteiger partial charge in [-0.05, 0) is 49.4 Å². The van der Waals surface area contributed by atoms with Crippen LogP contribution < -0.4 is 5.32 Å². The highest BCUT2D eigenvalue weighted by atomic mass is 32.1. The minimum Gasteiger partial charge on any atom is -0.357 e. The number of amides is 1. The normalized spacial score (nSPS) is 15.4. The highest BCUT2D eigenvalue weighted by Gasteiger charge is 2.44. The topological polar surface area (TPSA) is 57.8 Å². The Labute approximate surface area is 149 Å². The first kappa shape index (κ1) is 16.3. The molecule has 0 radical (unpaired) electrons. The molecule has 1 aliphatic carbocycles. The first-order chi connectivity index (χ1) is 12.0. The van der Waals surface area contributed by atoms with Gasteiger partial charge in [-0.3, -0.25) is 4.79 Å². The summed E-state index contributed by atoms with van der Waals surface area (Å²) in [6.07, 6.45) is 3.27. The van der Waals surface area contributed by atoms with Gasteiger partial charge in [0.05, 0.1) is 17.7 Å². The van der Waals surface area contributed by atoms with Crippen LogP contribution in [0.2, 0.25) is 0 Å². The molecular formula is C19H20FN3OS. The maximum absolute atomic E-state index is 14.3. The third kappa shape index (κ3) is 3.44. The van der Waals surface area contributed by atoms with Crippen molar-refractivity contribution in [1.29, 1.82) is 0 Å². The summed E-state index contributed by atoms with van der Waals surface area (Å²) in [6, 6.07) is 5.33. The third-order valence-electron chi connectivity index (χ3n) is 4.97. The Balaban J connectivity index is 1.47. The number of nitrogens with one attached hydrogen (secondary N) is 2. The minimum atomic E-state index is -0.192. The van der Waals surface area contributed by atoms with Gasteiger partial charge in [0.1, 0.15) is 5.82 Å². The summed E-state index contributed by atoms with van der Waals surface area (Å²) in [5, 5.41) is 5.79. The van der Waals surface area contributed by atoms with Crippen LogP contribution in [-0.4, -0.2) is 15.9 Å². The molecule has 1 aliphatic rings. The molecule has 2 heterocycles. The number of aromatic nitrogens is 2. The van der Waals surface area contributed by atoms with Crippen molar-refractivity contribution in [3.63, 3.8) is 0 Å². The molecule has 3 aromatic rings. The van der Waals surface area contributed by atoms with E-state index in [0.29, 0.717) is 18.5 Å². The van der Waals surface area contributed by atoms with Crippen LogP contribution in [-0.2, 0) is 24.2 Å². The molecule has 1 fully saturated rings. The quantitative estimate of drug-likeness (QED) is 0.701. The van der Waals surface area contributed by atoms with Crippen molar-refractivity contribution in [2.24, 2.45) is 5.41 Å². The molecule has 0 unspecified atom stereocenters. The van der Waals surface area contributed by atoms with E-state index in [1.165, 1.54) is 0 Å². The minimum absolute atomic E-state index is 0.0984. The second kappa shape index (κ2) is 6.26. The molecule has 0 spiro atoms. The summed E-state index contributed by atoms with van der Waals surface area (Å²) in [6.45, 7) is 2.43. The number of benzene rings is 1. The zero-order valence-corrected chi connectivity index (χ0v) is 14.9. The van der Waals surface area contributed by atoms with Crippen molar-refractivity contribution in [1.82, 2.24) is 15.3 Å². The van der Waals surface area contributed by atoms with Crippen LogP contribution in [0.4, 0.5) is 4.39 Å². The van der Waals surface area contributed by atoms with E-state index in [1.54, 1.807) is 22.9 Å². The van der Waals surface area contributed by atoms with Gasteiger partial charge in [-0.2, -0.15) is 0 Å². The van der Waals surface area contributed by atoms with Crippen LogP contribution in [0.5, 0.6) is 0 Å². The summed E-state index contributed by atoms with van der Waals surface area (Å²) < 4.78 is 14.3. The molecule has 2 N–H and O–H groups in total. The van der Waals surface area contributed by atoms with Gasteiger partial charge in [0.25, 0.3) is 0 Å². The summed E-state index contributed by atoms with van der Waals surface area (Å²) in [7, 11) is 0. The zero-order chi connectivity index (χ0) is 17.4. The second-order valence-corrected chi connectivity index (χ2v) is 7.77. The smallest absolute Gasteiger partial charge is 0.226 e. The Morgan fingerprint density at radius 2 is 2.20 bits per heavy atom. The number of aromatic amines is 1. The fraction of sp³-hybridized carbons (Fsp3) is 0.368. The van der Waals surface area contributed by atoms with Crippen molar-refractivity contribution in [2.75, 3.05) is 0 Å². The largest absolute Gasteiger partial charge is 0.357 e. The van der Waals surface area contributed by atoms with Gasteiger partial charge < -0.3 is 10.3 Å². The predicted molar refractivity (Wildman–Crippen MR) is 97.0 cm³/mol. The molecule has 1 saturated carbocycles. The van der Waals surface area contributed by atoms with Gasteiger partial charge in [-0.15, -0.1) is 11.3 Å². The SMILES string of the molecule is CC1(C(=O)NCc2cc3cc(F)c(CCc4cscn4)cc3[nH]2)CC1. The number of halogens is 1. The molecule has 2 aromatic heterocycles. The van der Waals surface area contributed by atoms with Crippen LogP contribution in [0, 0.1) is 11.2 Å². The van der Waals surface area contributed by atoms with E-state index < -0.39 is 0 Å². The summed E-state index contributed by atoms with van der Waals surface area (Å²) in [5.74, 6) is -0.0934. The van der Waals surface area contributed by atoms with Crippen LogP contribution in [0.1, 0.15) is 36.7 Å². The van der Waals surface area contributed by atoms with E-state index in [0.717, 1.165) is 41.6 Å². The average molecular weight is 357 g/mol. The fourth-order valence-electron chi connectivity index (χ4n) is 2.97. The Morgan fingerprint density at radius 1 is 1.36 bits per heavy atom. The highest BCUT2D eigenvalue weighted by molar-refractivity contribution is 7.07. The summed E-state index contributed by atoms with van der Waals surface area (Å²) >= 11 is 1.55. The van der Waals surface area contributed by atoms with Crippen molar-refractivity contribution in [2.45, 2.75) is 39.2 Å². The van der Waals surface area contributed by atoms with Crippen LogP contribution in [0.3, 0.4) is 0 Å². The molecule has 6 heteroatoms. The van der Waals surface area contributed by atoms with E-state index in [-0.39, 0.29) is 17.1 Å². The number of H-pyrrole nitrogens is 1. The number of fused-ring (bicyclic) bond motifs is 1. The molecule has 0 bridgehead atoms. The van der Waals surface area contributed by atoms with Gasteiger partial charge in [-0.1, -0.05) is 6.92 Å². The molecule has 1 aromatic carbocycles. The third-order valence-corrected chi connectivity index (χ3v) is 5.60. The standard InChI is InChI=1S/C19H20FN3OS/c1-19(4-5-19)18(24)21-9-15-6-13-7-16(20)12(8-17(13)23-15)2-3-14-10-25-11-22-14/h6-8,10-11,23H,2-5,9H2,1H3,(H,21,24). The number of carbonyl (C=O) groups is 1. The molecular weight excluding hydrogens is 337 g/mol. The fourth-order valence-corrected chi connectivity index (χ4v) is 3.56. The molecule has 0 saturated heterocycles. The monoisotopic (exact) mass is 357 g/mol. The first-order valence-corrected chi connectivity index (χ1v) is 9.43. The molecule has 1 amide bonds. The maximum Gasteiger partial charge on any atom is 0.226 e. The van der Waals surface area contributed by atoms with E-state index in [4.69, 9.17) is 0 Å². The number of thiazole rings is 1. The van der Waals surface area contributed by atoms with Crippen LogP contribution in [0.25, 0.3) is 10.9 Å². The Hall–Kier alpha value is -2.21. The van der Waals surface area contributed by atoms with Crippen molar-refractivity contribution in [3.8, 4) is 0 Å². The molecule has 4 nitrogen and oxygen atoms in total.